The summed E-state index contributed by atoms with van der Waals surface area (Å²) in [4.78, 5) is 34.5. The highest BCUT2D eigenvalue weighted by Gasteiger charge is 2.10. The van der Waals surface area contributed by atoms with Gasteiger partial charge in [0.25, 0.3) is 0 Å². The van der Waals surface area contributed by atoms with Crippen LogP contribution >= 0.6 is 0 Å². The summed E-state index contributed by atoms with van der Waals surface area (Å²) in [5.41, 5.74) is 5.28. The van der Waals surface area contributed by atoms with Crippen molar-refractivity contribution in [3.8, 4) is 0 Å². The second kappa shape index (κ2) is 21.6. The van der Waals surface area contributed by atoms with Crippen LogP contribution in [0.3, 0.4) is 0 Å². The normalized spacial score (nSPS) is 11.8. The molecule has 11 heteroatoms. The number of carbonyl (C=O) groups is 3. The number of hydrogen-bond donors (Lipinski definition) is 4. The molecule has 1 atom stereocenters. The van der Waals surface area contributed by atoms with E-state index in [0.717, 1.165) is 19.3 Å². The monoisotopic (exact) mass is 448 g/mol. The van der Waals surface area contributed by atoms with Crippen LogP contribution < -0.4 is 21.7 Å². The number of carbonyl (C=O) groups excluding carboxylic acids is 3. The van der Waals surface area contributed by atoms with E-state index < -0.39 is 0 Å². The highest BCUT2D eigenvalue weighted by Crippen LogP contribution is 2.01. The number of hydrogen-bond acceptors (Lipinski definition) is 9. The SMILES string of the molecule is CNC(CCCCNC(=O)COCCOCCNC(=O)COCCOCCN)C(C)=O. The van der Waals surface area contributed by atoms with E-state index in [1.807, 2.05) is 0 Å². The lowest BCUT2D eigenvalue weighted by atomic mass is 10.1. The van der Waals surface area contributed by atoms with Crippen LogP contribution in [0, 0.1) is 0 Å². The Morgan fingerprint density at radius 2 is 1.32 bits per heavy atom. The highest BCUT2D eigenvalue weighted by molar-refractivity contribution is 5.81. The Morgan fingerprint density at radius 3 is 1.87 bits per heavy atom. The second-order valence-electron chi connectivity index (χ2n) is 6.77. The van der Waals surface area contributed by atoms with Gasteiger partial charge in [0.15, 0.2) is 0 Å². The van der Waals surface area contributed by atoms with Crippen LogP contribution in [0.5, 0.6) is 0 Å². The first-order valence-corrected chi connectivity index (χ1v) is 10.7. The molecule has 0 saturated heterocycles. The standard InChI is InChI=1S/C20H40N4O7/c1-17(25)18(22-2)5-3-4-7-23-19(26)15-31-14-12-29-10-8-24-20(27)16-30-13-11-28-9-6-21/h18,22H,3-16,21H2,1-2H3,(H,23,26)(H,24,27). The molecule has 182 valence electrons. The van der Waals surface area contributed by atoms with E-state index in [2.05, 4.69) is 16.0 Å². The molecule has 11 nitrogen and oxygen atoms in total. The fraction of sp³-hybridized carbons (Fsp3) is 0.850. The quantitative estimate of drug-likeness (QED) is 0.146. The van der Waals surface area contributed by atoms with Crippen molar-refractivity contribution in [2.24, 2.45) is 5.73 Å². The summed E-state index contributed by atoms with van der Waals surface area (Å²) in [7, 11) is 1.77. The van der Waals surface area contributed by atoms with Gasteiger partial charge in [0.2, 0.25) is 11.8 Å². The predicted molar refractivity (Wildman–Crippen MR) is 116 cm³/mol. The van der Waals surface area contributed by atoms with Crippen molar-refractivity contribution in [2.75, 3.05) is 79.5 Å². The van der Waals surface area contributed by atoms with Gasteiger partial charge in [0, 0.05) is 19.6 Å². The molecular formula is C20H40N4O7. The Morgan fingerprint density at radius 1 is 0.774 bits per heavy atom. The first-order chi connectivity index (χ1) is 15.0. The molecule has 0 aliphatic rings. The minimum absolute atomic E-state index is 0.0288. The number of rotatable bonds is 22. The Labute approximate surface area is 185 Å². The lowest BCUT2D eigenvalue weighted by Gasteiger charge is -2.12. The van der Waals surface area contributed by atoms with Gasteiger partial charge in [-0.25, -0.2) is 0 Å². The Kier molecular flexibility index (Phi) is 20.5. The van der Waals surface area contributed by atoms with Gasteiger partial charge in [0.1, 0.15) is 19.0 Å². The molecule has 0 aromatic heterocycles. The summed E-state index contributed by atoms with van der Waals surface area (Å²) in [6, 6.07) is -0.118. The van der Waals surface area contributed by atoms with E-state index in [1.54, 1.807) is 14.0 Å². The van der Waals surface area contributed by atoms with Crippen molar-refractivity contribution < 1.29 is 33.3 Å². The number of nitrogens with two attached hydrogens (primary N) is 1. The number of ether oxygens (including phenoxy) is 4. The van der Waals surface area contributed by atoms with Crippen LogP contribution in [0.2, 0.25) is 0 Å². The van der Waals surface area contributed by atoms with Crippen molar-refractivity contribution in [2.45, 2.75) is 32.2 Å². The van der Waals surface area contributed by atoms with Crippen LogP contribution in [-0.2, 0) is 33.3 Å². The second-order valence-corrected chi connectivity index (χ2v) is 6.77. The third-order valence-corrected chi connectivity index (χ3v) is 4.12. The maximum absolute atomic E-state index is 11.7. The largest absolute Gasteiger partial charge is 0.378 e. The van der Waals surface area contributed by atoms with E-state index >= 15 is 0 Å². The number of likely N-dealkylation sites (N-methyl/N-ethyl adjacent to an activating group) is 1. The van der Waals surface area contributed by atoms with Crippen LogP contribution in [0.25, 0.3) is 0 Å². The molecule has 0 rings (SSSR count). The van der Waals surface area contributed by atoms with Crippen LogP contribution in [0.1, 0.15) is 26.2 Å². The summed E-state index contributed by atoms with van der Waals surface area (Å²) in [6.45, 7) is 5.06. The molecule has 31 heavy (non-hydrogen) atoms. The molecule has 0 bridgehead atoms. The van der Waals surface area contributed by atoms with Gasteiger partial charge in [-0.2, -0.15) is 0 Å². The predicted octanol–water partition coefficient (Wildman–Crippen LogP) is -1.41. The molecular weight excluding hydrogens is 408 g/mol. The van der Waals surface area contributed by atoms with Gasteiger partial charge < -0.3 is 40.6 Å². The molecule has 0 fully saturated rings. The Hall–Kier alpha value is -1.63. The van der Waals surface area contributed by atoms with Crippen LogP contribution in [0.15, 0.2) is 0 Å². The van der Waals surface area contributed by atoms with Crippen molar-refractivity contribution in [1.29, 1.82) is 0 Å². The smallest absolute Gasteiger partial charge is 0.246 e. The zero-order valence-electron chi connectivity index (χ0n) is 18.9. The van der Waals surface area contributed by atoms with Crippen molar-refractivity contribution in [1.82, 2.24) is 16.0 Å². The fourth-order valence-corrected chi connectivity index (χ4v) is 2.47. The maximum Gasteiger partial charge on any atom is 0.246 e. The summed E-state index contributed by atoms with van der Waals surface area (Å²) in [5.74, 6) is -0.283. The van der Waals surface area contributed by atoms with Gasteiger partial charge in [-0.05, 0) is 33.2 Å². The molecule has 0 aliphatic carbocycles. The van der Waals surface area contributed by atoms with Crippen LogP contribution in [-0.4, -0.2) is 103 Å². The Bertz CT molecular complexity index is 480. The van der Waals surface area contributed by atoms with E-state index in [1.165, 1.54) is 0 Å². The molecule has 5 N–H and O–H groups in total. The molecule has 0 aliphatic heterocycles. The molecule has 0 heterocycles. The van der Waals surface area contributed by atoms with Gasteiger partial charge in [-0.1, -0.05) is 0 Å². The van der Waals surface area contributed by atoms with E-state index in [4.69, 9.17) is 24.7 Å². The lowest BCUT2D eigenvalue weighted by Crippen LogP contribution is -2.33. The molecule has 0 spiro atoms. The average Bonchev–Trinajstić information content (AvgIpc) is 2.74. The minimum atomic E-state index is -0.224. The maximum atomic E-state index is 11.7. The van der Waals surface area contributed by atoms with E-state index in [9.17, 15) is 14.4 Å². The minimum Gasteiger partial charge on any atom is -0.378 e. The number of Topliss-reactive ketones (excluding diaryl/α,β-unsaturated/α-hetero) is 1. The topological polar surface area (TPSA) is 150 Å². The first-order valence-electron chi connectivity index (χ1n) is 10.7. The highest BCUT2D eigenvalue weighted by atomic mass is 16.5. The van der Waals surface area contributed by atoms with Gasteiger partial charge in [-0.15, -0.1) is 0 Å². The zero-order valence-corrected chi connectivity index (χ0v) is 18.9. The number of ketones is 1. The van der Waals surface area contributed by atoms with Crippen LogP contribution in [0.4, 0.5) is 0 Å². The molecule has 1 unspecified atom stereocenters. The summed E-state index contributed by atoms with van der Waals surface area (Å²) in [5, 5.41) is 8.41. The summed E-state index contributed by atoms with van der Waals surface area (Å²) < 4.78 is 20.8. The average molecular weight is 449 g/mol. The summed E-state index contributed by atoms with van der Waals surface area (Å²) in [6.07, 6.45) is 2.41. The van der Waals surface area contributed by atoms with E-state index in [0.29, 0.717) is 52.7 Å². The molecule has 0 saturated carbocycles. The first kappa shape index (κ1) is 29.4. The Balaban J connectivity index is 3.38. The van der Waals surface area contributed by atoms with E-state index in [-0.39, 0.29) is 43.5 Å². The van der Waals surface area contributed by atoms with Crippen molar-refractivity contribution >= 4 is 17.6 Å². The van der Waals surface area contributed by atoms with Gasteiger partial charge >= 0.3 is 0 Å². The van der Waals surface area contributed by atoms with Gasteiger partial charge in [-0.3, -0.25) is 14.4 Å². The molecule has 0 aromatic carbocycles. The van der Waals surface area contributed by atoms with Crippen molar-refractivity contribution in [3.63, 3.8) is 0 Å². The number of unbranched alkanes of at least 4 members (excludes halogenated alkanes) is 1. The summed E-state index contributed by atoms with van der Waals surface area (Å²) >= 11 is 0. The molecule has 0 radical (unpaired) electrons. The molecule has 0 aromatic rings. The fourth-order valence-electron chi connectivity index (χ4n) is 2.47. The third-order valence-electron chi connectivity index (χ3n) is 4.12. The molecule has 2 amide bonds. The van der Waals surface area contributed by atoms with Gasteiger partial charge in [0.05, 0.1) is 45.7 Å². The third kappa shape index (κ3) is 20.0. The number of amides is 2. The van der Waals surface area contributed by atoms with Crippen molar-refractivity contribution in [3.05, 3.63) is 0 Å². The number of nitrogens with one attached hydrogen (secondary N) is 3. The zero-order chi connectivity index (χ0) is 23.2. The lowest BCUT2D eigenvalue weighted by molar-refractivity contribution is -0.127.